The maximum atomic E-state index is 13.4. The lowest BCUT2D eigenvalue weighted by molar-refractivity contribution is -0.123. The van der Waals surface area contributed by atoms with E-state index in [1.54, 1.807) is 29.6 Å². The molecule has 4 rings (SSSR count). The lowest BCUT2D eigenvalue weighted by atomic mass is 9.95. The summed E-state index contributed by atoms with van der Waals surface area (Å²) < 4.78 is 9.39. The fraction of sp³-hybridized carbons (Fsp3) is 0.333. The standard InChI is InChI=1S/C21H22N4O3S/c26-20(22-15-8-3-1-4-9-15)19(18-12-7-13-28-18)25(16-10-5-2-6-11-16)21(27)17-14-29-24-23-17/h2,5-7,10-15,19H,1,3-4,8-9H2,(H,22,26)/t19-/m0/s1. The quantitative estimate of drug-likeness (QED) is 0.664. The average Bonchev–Trinajstić information content (AvgIpc) is 3.47. The van der Waals surface area contributed by atoms with Gasteiger partial charge in [0.1, 0.15) is 5.76 Å². The van der Waals surface area contributed by atoms with Crippen LogP contribution in [0.25, 0.3) is 0 Å². The lowest BCUT2D eigenvalue weighted by Gasteiger charge is -2.31. The minimum Gasteiger partial charge on any atom is -0.467 e. The number of furan rings is 1. The molecule has 0 radical (unpaired) electrons. The van der Waals surface area contributed by atoms with Gasteiger partial charge in [0.25, 0.3) is 11.8 Å². The van der Waals surface area contributed by atoms with Gasteiger partial charge in [0.05, 0.1) is 6.26 Å². The van der Waals surface area contributed by atoms with Crippen LogP contribution < -0.4 is 10.2 Å². The maximum Gasteiger partial charge on any atom is 0.280 e. The zero-order valence-corrected chi connectivity index (χ0v) is 16.7. The number of carbonyl (C=O) groups is 2. The second-order valence-electron chi connectivity index (χ2n) is 7.06. The van der Waals surface area contributed by atoms with Gasteiger partial charge in [-0.3, -0.25) is 14.5 Å². The molecule has 0 aliphatic heterocycles. The van der Waals surface area contributed by atoms with Crippen molar-refractivity contribution in [1.82, 2.24) is 14.9 Å². The summed E-state index contributed by atoms with van der Waals surface area (Å²) in [5.41, 5.74) is 0.784. The molecule has 2 aromatic heterocycles. The third kappa shape index (κ3) is 4.37. The molecule has 1 saturated carbocycles. The molecule has 1 aliphatic rings. The second kappa shape index (κ2) is 9.00. The molecule has 2 heterocycles. The molecule has 7 nitrogen and oxygen atoms in total. The number of anilines is 1. The van der Waals surface area contributed by atoms with Crippen LogP contribution in [0.2, 0.25) is 0 Å². The Morgan fingerprint density at radius 1 is 1.10 bits per heavy atom. The van der Waals surface area contributed by atoms with Crippen molar-refractivity contribution in [3.8, 4) is 0 Å². The molecule has 8 heteroatoms. The smallest absolute Gasteiger partial charge is 0.280 e. The van der Waals surface area contributed by atoms with Gasteiger partial charge in [0.2, 0.25) is 0 Å². The SMILES string of the molecule is O=C(NC1CCCCC1)[C@H](c1ccco1)N(C(=O)c1csnn1)c1ccccc1. The molecule has 1 aromatic carbocycles. The number of hydrogen-bond donors (Lipinski definition) is 1. The number of nitrogens with one attached hydrogen (secondary N) is 1. The Morgan fingerprint density at radius 3 is 2.55 bits per heavy atom. The summed E-state index contributed by atoms with van der Waals surface area (Å²) in [4.78, 5) is 28.2. The first-order valence-electron chi connectivity index (χ1n) is 9.73. The maximum absolute atomic E-state index is 13.4. The van der Waals surface area contributed by atoms with E-state index in [-0.39, 0.29) is 17.6 Å². The van der Waals surface area contributed by atoms with Gasteiger partial charge in [-0.1, -0.05) is 41.9 Å². The summed E-state index contributed by atoms with van der Waals surface area (Å²) in [6.45, 7) is 0. The third-order valence-electron chi connectivity index (χ3n) is 5.10. The van der Waals surface area contributed by atoms with E-state index in [9.17, 15) is 9.59 Å². The minimum atomic E-state index is -0.941. The van der Waals surface area contributed by atoms with Crippen molar-refractivity contribution in [2.24, 2.45) is 0 Å². The minimum absolute atomic E-state index is 0.113. The van der Waals surface area contributed by atoms with Gasteiger partial charge in [-0.15, -0.1) is 5.10 Å². The summed E-state index contributed by atoms with van der Waals surface area (Å²) in [6, 6.07) is 11.7. The fourth-order valence-corrected chi connectivity index (χ4v) is 4.13. The Morgan fingerprint density at radius 2 is 1.90 bits per heavy atom. The monoisotopic (exact) mass is 410 g/mol. The Hall–Kier alpha value is -3.00. The van der Waals surface area contributed by atoms with Gasteiger partial charge in [-0.2, -0.15) is 0 Å². The van der Waals surface area contributed by atoms with Crippen LogP contribution in [0.4, 0.5) is 5.69 Å². The molecule has 1 atom stereocenters. The molecular weight excluding hydrogens is 388 g/mol. The summed E-state index contributed by atoms with van der Waals surface area (Å²) in [6.07, 6.45) is 6.80. The van der Waals surface area contributed by atoms with E-state index >= 15 is 0 Å². The highest BCUT2D eigenvalue weighted by atomic mass is 32.1. The Balaban J connectivity index is 1.72. The highest BCUT2D eigenvalue weighted by Crippen LogP contribution is 2.30. The van der Waals surface area contributed by atoms with E-state index in [0.717, 1.165) is 37.2 Å². The molecule has 0 unspecified atom stereocenters. The van der Waals surface area contributed by atoms with Crippen LogP contribution in [-0.2, 0) is 4.79 Å². The topological polar surface area (TPSA) is 88.3 Å². The summed E-state index contributed by atoms with van der Waals surface area (Å²) in [7, 11) is 0. The van der Waals surface area contributed by atoms with E-state index in [1.807, 2.05) is 18.2 Å². The van der Waals surface area contributed by atoms with Crippen LogP contribution in [0.1, 0.15) is 54.4 Å². The summed E-state index contributed by atoms with van der Waals surface area (Å²) >= 11 is 1.09. The van der Waals surface area contributed by atoms with Crippen molar-refractivity contribution in [2.45, 2.75) is 44.2 Å². The van der Waals surface area contributed by atoms with Crippen molar-refractivity contribution in [1.29, 1.82) is 0 Å². The molecular formula is C21H22N4O3S. The predicted molar refractivity (Wildman–Crippen MR) is 110 cm³/mol. The van der Waals surface area contributed by atoms with Gasteiger partial charge in [-0.25, -0.2) is 0 Å². The first-order chi connectivity index (χ1) is 14.2. The third-order valence-corrected chi connectivity index (χ3v) is 5.61. The first kappa shape index (κ1) is 19.3. The molecule has 1 aliphatic carbocycles. The van der Waals surface area contributed by atoms with E-state index < -0.39 is 11.9 Å². The molecule has 0 bridgehead atoms. The molecule has 3 aromatic rings. The van der Waals surface area contributed by atoms with Crippen molar-refractivity contribution >= 4 is 29.0 Å². The van der Waals surface area contributed by atoms with E-state index in [1.165, 1.54) is 17.6 Å². The van der Waals surface area contributed by atoms with E-state index in [2.05, 4.69) is 14.9 Å². The van der Waals surface area contributed by atoms with Gasteiger partial charge < -0.3 is 9.73 Å². The zero-order valence-electron chi connectivity index (χ0n) is 15.9. The molecule has 2 amide bonds. The molecule has 150 valence electrons. The highest BCUT2D eigenvalue weighted by Gasteiger charge is 2.37. The first-order valence-corrected chi connectivity index (χ1v) is 10.6. The van der Waals surface area contributed by atoms with E-state index in [0.29, 0.717) is 11.4 Å². The zero-order chi connectivity index (χ0) is 20.1. The predicted octanol–water partition coefficient (Wildman–Crippen LogP) is 3.97. The number of nitrogens with zero attached hydrogens (tertiary/aromatic N) is 3. The summed E-state index contributed by atoms with van der Waals surface area (Å²) in [5, 5.41) is 8.63. The number of carbonyl (C=O) groups excluding carboxylic acids is 2. The van der Waals surface area contributed by atoms with Crippen LogP contribution in [0.5, 0.6) is 0 Å². The molecule has 1 fully saturated rings. The van der Waals surface area contributed by atoms with Crippen LogP contribution in [0, 0.1) is 0 Å². The number of amides is 2. The van der Waals surface area contributed by atoms with Crippen molar-refractivity contribution in [3.63, 3.8) is 0 Å². The number of para-hydroxylation sites is 1. The van der Waals surface area contributed by atoms with E-state index in [4.69, 9.17) is 4.42 Å². The fourth-order valence-electron chi connectivity index (χ4n) is 3.70. The highest BCUT2D eigenvalue weighted by molar-refractivity contribution is 7.03. The Bertz CT molecular complexity index is 922. The van der Waals surface area contributed by atoms with Crippen LogP contribution in [0.3, 0.4) is 0 Å². The van der Waals surface area contributed by atoms with Gasteiger partial charge in [0.15, 0.2) is 11.7 Å². The number of aromatic nitrogens is 2. The largest absolute Gasteiger partial charge is 0.467 e. The molecule has 1 N–H and O–H groups in total. The van der Waals surface area contributed by atoms with Gasteiger partial charge >= 0.3 is 0 Å². The molecule has 0 saturated heterocycles. The normalized spacial score (nSPS) is 15.6. The van der Waals surface area contributed by atoms with Crippen molar-refractivity contribution < 1.29 is 14.0 Å². The number of benzene rings is 1. The molecule has 0 spiro atoms. The van der Waals surface area contributed by atoms with Gasteiger partial charge in [0, 0.05) is 17.1 Å². The average molecular weight is 410 g/mol. The van der Waals surface area contributed by atoms with Crippen molar-refractivity contribution in [2.75, 3.05) is 4.90 Å². The Labute approximate surface area is 172 Å². The molecule has 29 heavy (non-hydrogen) atoms. The van der Waals surface area contributed by atoms with Crippen LogP contribution in [-0.4, -0.2) is 27.4 Å². The lowest BCUT2D eigenvalue weighted by Crippen LogP contribution is -2.47. The number of hydrogen-bond acceptors (Lipinski definition) is 6. The van der Waals surface area contributed by atoms with Crippen LogP contribution >= 0.6 is 11.5 Å². The van der Waals surface area contributed by atoms with Gasteiger partial charge in [-0.05, 0) is 48.6 Å². The Kier molecular flexibility index (Phi) is 6.00. The second-order valence-corrected chi connectivity index (χ2v) is 7.67. The summed E-state index contributed by atoms with van der Waals surface area (Å²) in [5.74, 6) is -0.254. The van der Waals surface area contributed by atoms with Crippen LogP contribution in [0.15, 0.2) is 58.5 Å². The van der Waals surface area contributed by atoms with Crippen molar-refractivity contribution in [3.05, 3.63) is 65.6 Å². The number of rotatable bonds is 6.